The molecule has 0 N–H and O–H groups in total. The molecule has 0 fully saturated rings. The van der Waals surface area contributed by atoms with Crippen LogP contribution in [0.15, 0.2) is 71.4 Å². The monoisotopic (exact) mass is 338 g/mol. The Labute approximate surface area is 141 Å². The van der Waals surface area contributed by atoms with Crippen LogP contribution in [-0.4, -0.2) is 16.8 Å². The molecule has 2 aromatic rings. The SMILES string of the molecule is O=C1OC(c2ccc(F)cc2)=N/C1=C/C=C/c1ccc([N+](=O)[O-])cc1. The number of hydrogen-bond donors (Lipinski definition) is 0. The smallest absolute Gasteiger partial charge is 0.363 e. The number of cyclic esters (lactones) is 1. The zero-order valence-electron chi connectivity index (χ0n) is 12.8. The van der Waals surface area contributed by atoms with Crippen LogP contribution < -0.4 is 0 Å². The summed E-state index contributed by atoms with van der Waals surface area (Å²) in [4.78, 5) is 26.0. The lowest BCUT2D eigenvalue weighted by molar-refractivity contribution is -0.384. The lowest BCUT2D eigenvalue weighted by atomic mass is 10.2. The minimum absolute atomic E-state index is 0.00316. The van der Waals surface area contributed by atoms with Crippen molar-refractivity contribution in [3.63, 3.8) is 0 Å². The molecular weight excluding hydrogens is 327 g/mol. The van der Waals surface area contributed by atoms with E-state index in [0.717, 1.165) is 5.56 Å². The summed E-state index contributed by atoms with van der Waals surface area (Å²) in [5, 5.41) is 10.6. The zero-order valence-corrected chi connectivity index (χ0v) is 12.8. The van der Waals surface area contributed by atoms with Crippen LogP contribution >= 0.6 is 0 Å². The van der Waals surface area contributed by atoms with E-state index in [0.29, 0.717) is 5.56 Å². The number of nitro groups is 1. The van der Waals surface area contributed by atoms with Crippen molar-refractivity contribution in [1.82, 2.24) is 0 Å². The van der Waals surface area contributed by atoms with Crippen molar-refractivity contribution in [3.8, 4) is 0 Å². The Kier molecular flexibility index (Phi) is 4.47. The average Bonchev–Trinajstić information content (AvgIpc) is 2.97. The Morgan fingerprint density at radius 1 is 1.08 bits per heavy atom. The van der Waals surface area contributed by atoms with Crippen LogP contribution in [-0.2, 0) is 9.53 Å². The van der Waals surface area contributed by atoms with E-state index in [9.17, 15) is 19.3 Å². The summed E-state index contributed by atoms with van der Waals surface area (Å²) >= 11 is 0. The van der Waals surface area contributed by atoms with Crippen molar-refractivity contribution >= 4 is 23.6 Å². The summed E-state index contributed by atoms with van der Waals surface area (Å²) in [6.45, 7) is 0. The minimum atomic E-state index is -0.604. The van der Waals surface area contributed by atoms with Gasteiger partial charge in [0.05, 0.1) is 4.92 Å². The number of carbonyl (C=O) groups excluding carboxylic acids is 1. The molecule has 124 valence electrons. The first kappa shape index (κ1) is 16.3. The normalized spacial score (nSPS) is 15.5. The van der Waals surface area contributed by atoms with Crippen LogP contribution in [0, 0.1) is 15.9 Å². The second-order valence-electron chi connectivity index (χ2n) is 5.07. The number of carbonyl (C=O) groups is 1. The number of esters is 1. The van der Waals surface area contributed by atoms with Gasteiger partial charge < -0.3 is 4.74 Å². The maximum absolute atomic E-state index is 12.9. The molecule has 2 aromatic carbocycles. The van der Waals surface area contributed by atoms with Crippen molar-refractivity contribution < 1.29 is 18.8 Å². The van der Waals surface area contributed by atoms with E-state index in [4.69, 9.17) is 4.74 Å². The number of aliphatic imine (C=N–C) groups is 1. The van der Waals surface area contributed by atoms with E-state index in [-0.39, 0.29) is 17.3 Å². The Bertz CT molecular complexity index is 913. The summed E-state index contributed by atoms with van der Waals surface area (Å²) in [7, 11) is 0. The number of rotatable bonds is 4. The van der Waals surface area contributed by atoms with Crippen molar-refractivity contribution in [2.75, 3.05) is 0 Å². The van der Waals surface area contributed by atoms with Gasteiger partial charge in [0.25, 0.3) is 5.69 Å². The molecule has 0 saturated carbocycles. The van der Waals surface area contributed by atoms with E-state index < -0.39 is 16.7 Å². The molecule has 25 heavy (non-hydrogen) atoms. The van der Waals surface area contributed by atoms with Gasteiger partial charge in [0, 0.05) is 17.7 Å². The van der Waals surface area contributed by atoms with Gasteiger partial charge in [-0.15, -0.1) is 0 Å². The number of ether oxygens (including phenoxy) is 1. The number of allylic oxidation sites excluding steroid dienone is 2. The Morgan fingerprint density at radius 3 is 2.40 bits per heavy atom. The van der Waals surface area contributed by atoms with Gasteiger partial charge >= 0.3 is 5.97 Å². The first-order valence-electron chi connectivity index (χ1n) is 7.22. The van der Waals surface area contributed by atoms with Gasteiger partial charge in [-0.1, -0.05) is 12.2 Å². The fraction of sp³-hybridized carbons (Fsp3) is 0. The van der Waals surface area contributed by atoms with E-state index >= 15 is 0 Å². The summed E-state index contributed by atoms with van der Waals surface area (Å²) in [5.41, 5.74) is 1.34. The molecule has 0 bridgehead atoms. The maximum Gasteiger partial charge on any atom is 0.363 e. The molecule has 0 amide bonds. The van der Waals surface area contributed by atoms with Gasteiger partial charge in [-0.05, 0) is 48.0 Å². The van der Waals surface area contributed by atoms with Crippen LogP contribution in [0.25, 0.3) is 6.08 Å². The van der Waals surface area contributed by atoms with Crippen molar-refractivity contribution in [1.29, 1.82) is 0 Å². The Morgan fingerprint density at radius 2 is 1.76 bits per heavy atom. The second kappa shape index (κ2) is 6.88. The predicted octanol–water partition coefficient (Wildman–Crippen LogP) is 3.63. The zero-order chi connectivity index (χ0) is 17.8. The van der Waals surface area contributed by atoms with E-state index in [1.807, 2.05) is 0 Å². The quantitative estimate of drug-likeness (QED) is 0.369. The summed E-state index contributed by atoms with van der Waals surface area (Å²) in [6.07, 6.45) is 4.74. The molecule has 0 saturated heterocycles. The molecule has 6 nitrogen and oxygen atoms in total. The minimum Gasteiger partial charge on any atom is -0.402 e. The number of halogens is 1. The number of hydrogen-bond acceptors (Lipinski definition) is 5. The third-order valence-electron chi connectivity index (χ3n) is 3.36. The van der Waals surface area contributed by atoms with Gasteiger partial charge in [-0.2, -0.15) is 0 Å². The first-order chi connectivity index (χ1) is 12.0. The number of nitro benzene ring substituents is 1. The lowest BCUT2D eigenvalue weighted by Gasteiger charge is -1.98. The fourth-order valence-corrected chi connectivity index (χ4v) is 2.10. The molecule has 0 atom stereocenters. The second-order valence-corrected chi connectivity index (χ2v) is 5.07. The van der Waals surface area contributed by atoms with E-state index in [1.165, 1.54) is 42.5 Å². The van der Waals surface area contributed by atoms with Gasteiger partial charge in [-0.25, -0.2) is 14.2 Å². The third-order valence-corrected chi connectivity index (χ3v) is 3.36. The molecule has 7 heteroatoms. The number of benzene rings is 2. The van der Waals surface area contributed by atoms with Gasteiger partial charge in [0.15, 0.2) is 5.70 Å². The number of nitrogens with zero attached hydrogens (tertiary/aromatic N) is 2. The summed E-state index contributed by atoms with van der Waals surface area (Å²) < 4.78 is 18.0. The maximum atomic E-state index is 12.9. The van der Waals surface area contributed by atoms with Crippen molar-refractivity contribution in [3.05, 3.63) is 93.4 Å². The highest BCUT2D eigenvalue weighted by molar-refractivity contribution is 6.11. The van der Waals surface area contributed by atoms with Gasteiger partial charge in [-0.3, -0.25) is 10.1 Å². The molecular formula is C18H11FN2O4. The van der Waals surface area contributed by atoms with Gasteiger partial charge in [0.2, 0.25) is 5.90 Å². The molecule has 0 unspecified atom stereocenters. The fourth-order valence-electron chi connectivity index (χ4n) is 2.10. The summed E-state index contributed by atoms with van der Waals surface area (Å²) in [5.74, 6) is -0.886. The highest BCUT2D eigenvalue weighted by Gasteiger charge is 2.23. The Hall–Kier alpha value is -3.61. The molecule has 1 aliphatic rings. The van der Waals surface area contributed by atoms with Crippen LogP contribution in [0.4, 0.5) is 10.1 Å². The highest BCUT2D eigenvalue weighted by atomic mass is 19.1. The van der Waals surface area contributed by atoms with Gasteiger partial charge in [0.1, 0.15) is 5.82 Å². The third kappa shape index (κ3) is 3.84. The van der Waals surface area contributed by atoms with Crippen molar-refractivity contribution in [2.45, 2.75) is 0 Å². The summed E-state index contributed by atoms with van der Waals surface area (Å²) in [6, 6.07) is 11.4. The van der Waals surface area contributed by atoms with E-state index in [2.05, 4.69) is 4.99 Å². The highest BCUT2D eigenvalue weighted by Crippen LogP contribution is 2.17. The molecule has 0 radical (unpaired) electrons. The standard InChI is InChI=1S/C18H11FN2O4/c19-14-8-6-13(7-9-14)17-20-16(18(22)25-17)3-1-2-12-4-10-15(11-5-12)21(23)24/h1-11H/b2-1+,16-3+. The molecule has 3 rings (SSSR count). The van der Waals surface area contributed by atoms with Crippen LogP contribution in [0.2, 0.25) is 0 Å². The number of non-ortho nitro benzene ring substituents is 1. The lowest BCUT2D eigenvalue weighted by Crippen LogP contribution is -2.05. The largest absolute Gasteiger partial charge is 0.402 e. The molecule has 0 aliphatic carbocycles. The molecule has 0 spiro atoms. The van der Waals surface area contributed by atoms with E-state index in [1.54, 1.807) is 24.3 Å². The molecule has 1 aliphatic heterocycles. The van der Waals surface area contributed by atoms with Crippen LogP contribution in [0.1, 0.15) is 11.1 Å². The average molecular weight is 338 g/mol. The van der Waals surface area contributed by atoms with Crippen molar-refractivity contribution in [2.24, 2.45) is 4.99 Å². The van der Waals surface area contributed by atoms with Crippen LogP contribution in [0.3, 0.4) is 0 Å². The Balaban J connectivity index is 1.75. The predicted molar refractivity (Wildman–Crippen MR) is 89.2 cm³/mol. The topological polar surface area (TPSA) is 81.8 Å². The first-order valence-corrected chi connectivity index (χ1v) is 7.22. The molecule has 0 aromatic heterocycles. The molecule has 1 heterocycles. The van der Waals surface area contributed by atoms with Crippen LogP contribution in [0.5, 0.6) is 0 Å².